The quantitative estimate of drug-likeness (QED) is 0.438. The molecule has 0 N–H and O–H groups in total. The predicted molar refractivity (Wildman–Crippen MR) is 60.2 cm³/mol. The summed E-state index contributed by atoms with van der Waals surface area (Å²) in [6.45, 7) is 0.631. The molecule has 15 heavy (non-hydrogen) atoms. The third-order valence-corrected chi connectivity index (χ3v) is 2.99. The van der Waals surface area contributed by atoms with Gasteiger partial charge in [0, 0.05) is 7.05 Å². The van der Waals surface area contributed by atoms with Crippen LogP contribution in [0.15, 0.2) is 41.2 Å². The monoisotopic (exact) mass is 221 g/mol. The molecule has 0 radical (unpaired) electrons. The number of imidazole rings is 1. The van der Waals surface area contributed by atoms with Crippen molar-refractivity contribution in [3.05, 3.63) is 46.3 Å². The zero-order chi connectivity index (χ0) is 10.7. The first kappa shape index (κ1) is 9.92. The molecule has 0 aliphatic carbocycles. The first-order valence-corrected chi connectivity index (χ1v) is 5.41. The summed E-state index contributed by atoms with van der Waals surface area (Å²) in [6.07, 6.45) is 4.71. The lowest BCUT2D eigenvalue weighted by Gasteiger charge is -1.99. The van der Waals surface area contributed by atoms with Gasteiger partial charge in [-0.2, -0.15) is 0 Å². The number of thiophene rings is 1. The summed E-state index contributed by atoms with van der Waals surface area (Å²) < 4.78 is 2.59. The number of hydrogen-bond acceptors (Lipinski definition) is 3. The van der Waals surface area contributed by atoms with Crippen molar-refractivity contribution in [3.8, 4) is 0 Å². The molecule has 0 aliphatic heterocycles. The van der Waals surface area contributed by atoms with Crippen molar-refractivity contribution >= 4 is 17.0 Å². The van der Waals surface area contributed by atoms with E-state index in [4.69, 9.17) is 0 Å². The molecule has 5 heteroatoms. The molecule has 0 unspecified atom stereocenters. The fourth-order valence-electron chi connectivity index (χ4n) is 1.34. The summed E-state index contributed by atoms with van der Waals surface area (Å²) in [5, 5.41) is 12.9. The van der Waals surface area contributed by atoms with Gasteiger partial charge in [-0.3, -0.25) is 4.99 Å². The average Bonchev–Trinajstić information content (AvgIpc) is 2.85. The molecule has 2 aromatic heterocycles. The van der Waals surface area contributed by atoms with Crippen molar-refractivity contribution < 1.29 is 4.73 Å². The number of aromatic nitrogens is 2. The predicted octanol–water partition coefficient (Wildman–Crippen LogP) is 1.30. The van der Waals surface area contributed by atoms with E-state index in [0.29, 0.717) is 6.54 Å². The van der Waals surface area contributed by atoms with Crippen LogP contribution in [-0.2, 0) is 6.54 Å². The molecule has 0 bridgehead atoms. The van der Waals surface area contributed by atoms with Crippen LogP contribution in [0, 0.1) is 5.21 Å². The first-order valence-electron chi connectivity index (χ1n) is 4.53. The molecule has 4 nitrogen and oxygen atoms in total. The lowest BCUT2D eigenvalue weighted by atomic mass is 10.3. The largest absolute Gasteiger partial charge is 0.711 e. The summed E-state index contributed by atoms with van der Waals surface area (Å²) in [4.78, 5) is 5.37. The van der Waals surface area contributed by atoms with E-state index < -0.39 is 0 Å². The molecule has 2 rings (SSSR count). The van der Waals surface area contributed by atoms with Gasteiger partial charge in [0.1, 0.15) is 18.9 Å². The fourth-order valence-corrected chi connectivity index (χ4v) is 2.10. The Morgan fingerprint density at radius 2 is 2.53 bits per heavy atom. The molecule has 2 aromatic rings. The Labute approximate surface area is 91.7 Å². The van der Waals surface area contributed by atoms with Gasteiger partial charge in [0.15, 0.2) is 0 Å². The van der Waals surface area contributed by atoms with Gasteiger partial charge in [-0.1, -0.05) is 6.07 Å². The van der Waals surface area contributed by atoms with Gasteiger partial charge in [-0.15, -0.1) is 11.3 Å². The van der Waals surface area contributed by atoms with Gasteiger partial charge in [0.2, 0.25) is 6.33 Å². The van der Waals surface area contributed by atoms with E-state index in [-0.39, 0.29) is 0 Å². The fraction of sp³-hybridized carbons (Fsp3) is 0.200. The zero-order valence-corrected chi connectivity index (χ0v) is 9.15. The summed E-state index contributed by atoms with van der Waals surface area (Å²) in [5.74, 6) is 0. The second-order valence-corrected chi connectivity index (χ2v) is 4.04. The lowest BCUT2D eigenvalue weighted by molar-refractivity contribution is -0.604. The van der Waals surface area contributed by atoms with Crippen molar-refractivity contribution in [1.82, 2.24) is 4.57 Å². The Kier molecular flexibility index (Phi) is 2.82. The van der Waals surface area contributed by atoms with Crippen molar-refractivity contribution in [1.29, 1.82) is 0 Å². The van der Waals surface area contributed by atoms with Crippen LogP contribution in [0.1, 0.15) is 4.88 Å². The molecule has 78 valence electrons. The molecule has 0 aromatic carbocycles. The number of nitrogens with zero attached hydrogens (tertiary/aromatic N) is 3. The molecule has 0 spiro atoms. The van der Waals surface area contributed by atoms with Crippen LogP contribution >= 0.6 is 11.3 Å². The van der Waals surface area contributed by atoms with E-state index in [1.807, 2.05) is 22.1 Å². The standard InChI is InChI=1S/C10H11N3OS/c1-11-9(10-3-2-6-15-10)7-12-4-5-13(14)8-12/h2-6,8H,7H2,1H3. The number of aliphatic imine (C=N–C) groups is 1. The van der Waals surface area contributed by atoms with Gasteiger partial charge in [-0.05, 0) is 11.4 Å². The van der Waals surface area contributed by atoms with Crippen LogP contribution in [-0.4, -0.2) is 17.3 Å². The van der Waals surface area contributed by atoms with Crippen molar-refractivity contribution in [2.24, 2.45) is 4.99 Å². The van der Waals surface area contributed by atoms with Gasteiger partial charge < -0.3 is 5.21 Å². The van der Waals surface area contributed by atoms with E-state index in [1.165, 1.54) is 12.5 Å². The average molecular weight is 221 g/mol. The SMILES string of the molecule is CN=C(Cn1cc[n+]([O-])c1)c1cccs1. The number of hydrogen-bond donors (Lipinski definition) is 0. The molecular formula is C10H11N3OS. The highest BCUT2D eigenvalue weighted by Crippen LogP contribution is 2.11. The van der Waals surface area contributed by atoms with Gasteiger partial charge >= 0.3 is 0 Å². The highest BCUT2D eigenvalue weighted by Gasteiger charge is 2.08. The van der Waals surface area contributed by atoms with Crippen molar-refractivity contribution in [3.63, 3.8) is 0 Å². The van der Waals surface area contributed by atoms with Crippen LogP contribution in [0.4, 0.5) is 0 Å². The lowest BCUT2D eigenvalue weighted by Crippen LogP contribution is -2.22. The Bertz CT molecular complexity index is 459. The summed E-state index contributed by atoms with van der Waals surface area (Å²) in [7, 11) is 1.77. The highest BCUT2D eigenvalue weighted by atomic mass is 32.1. The zero-order valence-electron chi connectivity index (χ0n) is 8.33. The highest BCUT2D eigenvalue weighted by molar-refractivity contribution is 7.12. The molecular weight excluding hydrogens is 210 g/mol. The van der Waals surface area contributed by atoms with Crippen LogP contribution in [0.5, 0.6) is 0 Å². The summed E-state index contributed by atoms with van der Waals surface area (Å²) >= 11 is 1.65. The maximum Gasteiger partial charge on any atom is 0.247 e. The Morgan fingerprint density at radius 1 is 1.67 bits per heavy atom. The van der Waals surface area contributed by atoms with E-state index >= 15 is 0 Å². The maximum atomic E-state index is 10.9. The first-order chi connectivity index (χ1) is 7.29. The van der Waals surface area contributed by atoms with E-state index in [0.717, 1.165) is 15.3 Å². The Morgan fingerprint density at radius 3 is 3.07 bits per heavy atom. The third-order valence-electron chi connectivity index (χ3n) is 2.08. The smallest absolute Gasteiger partial charge is 0.247 e. The van der Waals surface area contributed by atoms with Crippen molar-refractivity contribution in [2.45, 2.75) is 6.54 Å². The minimum Gasteiger partial charge on any atom is -0.711 e. The minimum atomic E-state index is 0.631. The van der Waals surface area contributed by atoms with Crippen LogP contribution in [0.2, 0.25) is 0 Å². The normalized spacial score (nSPS) is 11.9. The second kappa shape index (κ2) is 4.27. The van der Waals surface area contributed by atoms with Gasteiger partial charge in [-0.25, -0.2) is 9.30 Å². The molecule has 0 fully saturated rings. The molecule has 0 amide bonds. The number of rotatable bonds is 3. The Balaban J connectivity index is 2.17. The summed E-state index contributed by atoms with van der Waals surface area (Å²) in [5.41, 5.74) is 0.987. The summed E-state index contributed by atoms with van der Waals surface area (Å²) in [6, 6.07) is 4.02. The van der Waals surface area contributed by atoms with Gasteiger partial charge in [0.05, 0.1) is 10.6 Å². The maximum absolute atomic E-state index is 10.9. The second-order valence-electron chi connectivity index (χ2n) is 3.09. The van der Waals surface area contributed by atoms with Gasteiger partial charge in [0.25, 0.3) is 0 Å². The van der Waals surface area contributed by atoms with Crippen molar-refractivity contribution in [2.75, 3.05) is 7.05 Å². The van der Waals surface area contributed by atoms with Crippen LogP contribution < -0.4 is 4.73 Å². The third kappa shape index (κ3) is 2.24. The van der Waals surface area contributed by atoms with Crippen LogP contribution in [0.3, 0.4) is 0 Å². The van der Waals surface area contributed by atoms with E-state index in [1.54, 1.807) is 24.6 Å². The Hall–Kier alpha value is -1.62. The van der Waals surface area contributed by atoms with Crippen LogP contribution in [0.25, 0.3) is 0 Å². The molecule has 2 heterocycles. The molecule has 0 saturated heterocycles. The van der Waals surface area contributed by atoms with E-state index in [2.05, 4.69) is 4.99 Å². The molecule has 0 saturated carbocycles. The minimum absolute atomic E-state index is 0.631. The molecule has 0 aliphatic rings. The molecule has 0 atom stereocenters. The topological polar surface area (TPSA) is 44.2 Å². The van der Waals surface area contributed by atoms with E-state index in [9.17, 15) is 5.21 Å².